The Morgan fingerprint density at radius 1 is 1.71 bits per heavy atom. The van der Waals surface area contributed by atoms with Gasteiger partial charge in [0.25, 0.3) is 0 Å². The maximum atomic E-state index is 10.8. The molecule has 1 fully saturated rings. The summed E-state index contributed by atoms with van der Waals surface area (Å²) < 4.78 is 0.682. The molecule has 94 valence electrons. The molecule has 1 N–H and O–H groups in total. The summed E-state index contributed by atoms with van der Waals surface area (Å²) in [4.78, 5) is 17.2. The lowest BCUT2D eigenvalue weighted by Gasteiger charge is -2.33. The van der Waals surface area contributed by atoms with Crippen LogP contribution in [0.2, 0.25) is 4.34 Å². The van der Waals surface area contributed by atoms with Crippen molar-refractivity contribution in [1.29, 1.82) is 0 Å². The van der Waals surface area contributed by atoms with Crippen LogP contribution in [0, 0.1) is 0 Å². The van der Waals surface area contributed by atoms with E-state index in [9.17, 15) is 4.79 Å². The molecule has 0 bridgehead atoms. The average Bonchev–Trinajstić information content (AvgIpc) is 2.66. The first-order valence-corrected chi connectivity index (χ1v) is 7.64. The number of carbonyl (C=O) groups is 1. The summed E-state index contributed by atoms with van der Waals surface area (Å²) in [5, 5.41) is 9.84. The molecular weight excluding hydrogens is 280 g/mol. The minimum Gasteiger partial charge on any atom is -0.481 e. The van der Waals surface area contributed by atoms with Gasteiger partial charge in [0.05, 0.1) is 19.2 Å². The molecule has 2 heterocycles. The second-order valence-electron chi connectivity index (χ2n) is 3.86. The van der Waals surface area contributed by atoms with Gasteiger partial charge < -0.3 is 5.11 Å². The van der Waals surface area contributed by atoms with Crippen LogP contribution in [0.15, 0.2) is 6.20 Å². The van der Waals surface area contributed by atoms with Crippen molar-refractivity contribution in [3.05, 3.63) is 15.5 Å². The number of aromatic nitrogens is 1. The van der Waals surface area contributed by atoms with Crippen LogP contribution in [0.1, 0.15) is 11.4 Å². The molecule has 1 aliphatic heterocycles. The molecule has 7 heteroatoms. The number of hydrogen-bond acceptors (Lipinski definition) is 5. The highest BCUT2D eigenvalue weighted by Crippen LogP contribution is 2.24. The van der Waals surface area contributed by atoms with Crippen molar-refractivity contribution in [2.45, 2.75) is 19.0 Å². The van der Waals surface area contributed by atoms with Gasteiger partial charge in [0, 0.05) is 24.1 Å². The van der Waals surface area contributed by atoms with Crippen LogP contribution in [-0.2, 0) is 11.3 Å². The topological polar surface area (TPSA) is 53.4 Å². The van der Waals surface area contributed by atoms with E-state index in [0.717, 1.165) is 23.1 Å². The van der Waals surface area contributed by atoms with Crippen LogP contribution in [0.4, 0.5) is 0 Å². The van der Waals surface area contributed by atoms with E-state index in [-0.39, 0.29) is 12.5 Å². The van der Waals surface area contributed by atoms with E-state index in [1.165, 1.54) is 11.3 Å². The summed E-state index contributed by atoms with van der Waals surface area (Å²) in [6, 6.07) is 0.105. The molecule has 0 radical (unpaired) electrons. The predicted molar refractivity (Wildman–Crippen MR) is 70.9 cm³/mol. The smallest absolute Gasteiger partial charge is 0.304 e. The number of thiazole rings is 1. The normalized spacial score (nSPS) is 21.6. The van der Waals surface area contributed by atoms with E-state index in [1.807, 2.05) is 11.8 Å². The lowest BCUT2D eigenvalue weighted by molar-refractivity contribution is -0.138. The summed E-state index contributed by atoms with van der Waals surface area (Å²) in [5.74, 6) is 1.19. The van der Waals surface area contributed by atoms with Crippen molar-refractivity contribution in [2.75, 3.05) is 18.1 Å². The van der Waals surface area contributed by atoms with E-state index < -0.39 is 5.97 Å². The molecule has 0 amide bonds. The third kappa shape index (κ3) is 3.84. The van der Waals surface area contributed by atoms with Crippen molar-refractivity contribution >= 4 is 40.7 Å². The standard InChI is InChI=1S/C10H13ClN2O2S2/c11-8-4-12-9(17-8)5-13-1-2-16-6-7(13)3-10(14)15/h4,7H,1-3,5-6H2,(H,14,15). The predicted octanol–water partition coefficient (Wildman–Crippen LogP) is 2.19. The minimum atomic E-state index is -0.736. The van der Waals surface area contributed by atoms with E-state index in [1.54, 1.807) is 6.20 Å². The molecule has 4 nitrogen and oxygen atoms in total. The molecule has 1 saturated heterocycles. The molecule has 1 aromatic heterocycles. The molecule has 1 aliphatic rings. The molecule has 0 saturated carbocycles. The number of rotatable bonds is 4. The Balaban J connectivity index is 1.98. The Hall–Kier alpha value is -0.300. The van der Waals surface area contributed by atoms with Gasteiger partial charge in [0.15, 0.2) is 0 Å². The summed E-state index contributed by atoms with van der Waals surface area (Å²) in [7, 11) is 0. The van der Waals surface area contributed by atoms with Gasteiger partial charge in [-0.2, -0.15) is 11.8 Å². The highest BCUT2D eigenvalue weighted by Gasteiger charge is 2.25. The first kappa shape index (κ1) is 13.1. The SMILES string of the molecule is O=C(O)CC1CSCCN1Cc1ncc(Cl)s1. The maximum absolute atomic E-state index is 10.8. The molecular formula is C10H13ClN2O2S2. The zero-order valence-corrected chi connectivity index (χ0v) is 11.5. The van der Waals surface area contributed by atoms with Gasteiger partial charge in [0.2, 0.25) is 0 Å². The molecule has 1 atom stereocenters. The van der Waals surface area contributed by atoms with Crippen LogP contribution in [0.5, 0.6) is 0 Å². The summed E-state index contributed by atoms with van der Waals surface area (Å²) in [5.41, 5.74) is 0. The van der Waals surface area contributed by atoms with Gasteiger partial charge >= 0.3 is 5.97 Å². The number of halogens is 1. The number of nitrogens with zero attached hydrogens (tertiary/aromatic N) is 2. The highest BCUT2D eigenvalue weighted by atomic mass is 35.5. The first-order valence-electron chi connectivity index (χ1n) is 5.29. The molecule has 0 aliphatic carbocycles. The average molecular weight is 293 g/mol. The number of carboxylic acids is 1. The van der Waals surface area contributed by atoms with Crippen molar-refractivity contribution in [1.82, 2.24) is 9.88 Å². The number of carboxylic acid groups (broad SMARTS) is 1. The maximum Gasteiger partial charge on any atom is 0.304 e. The van der Waals surface area contributed by atoms with E-state index in [4.69, 9.17) is 16.7 Å². The second kappa shape index (κ2) is 6.04. The Labute approximate surface area is 113 Å². The van der Waals surface area contributed by atoms with Crippen LogP contribution < -0.4 is 0 Å². The lowest BCUT2D eigenvalue weighted by atomic mass is 10.2. The molecule has 17 heavy (non-hydrogen) atoms. The second-order valence-corrected chi connectivity index (χ2v) is 6.75. The first-order chi connectivity index (χ1) is 8.15. The summed E-state index contributed by atoms with van der Waals surface area (Å²) >= 11 is 9.12. The zero-order chi connectivity index (χ0) is 12.3. The third-order valence-electron chi connectivity index (χ3n) is 2.62. The van der Waals surface area contributed by atoms with Crippen LogP contribution in [-0.4, -0.2) is 45.1 Å². The molecule has 0 aromatic carbocycles. The fourth-order valence-corrected chi connectivity index (χ4v) is 3.94. The van der Waals surface area contributed by atoms with Crippen LogP contribution in [0.25, 0.3) is 0 Å². The number of thioether (sulfide) groups is 1. The zero-order valence-electron chi connectivity index (χ0n) is 9.13. The fourth-order valence-electron chi connectivity index (χ4n) is 1.82. The van der Waals surface area contributed by atoms with Crippen molar-refractivity contribution < 1.29 is 9.90 Å². The van der Waals surface area contributed by atoms with Crippen LogP contribution >= 0.6 is 34.7 Å². The highest BCUT2D eigenvalue weighted by molar-refractivity contribution is 7.99. The number of aliphatic carboxylic acids is 1. The molecule has 1 aromatic rings. The van der Waals surface area contributed by atoms with Crippen molar-refractivity contribution in [3.63, 3.8) is 0 Å². The largest absolute Gasteiger partial charge is 0.481 e. The Bertz CT molecular complexity index is 399. The Morgan fingerprint density at radius 3 is 3.18 bits per heavy atom. The van der Waals surface area contributed by atoms with Gasteiger partial charge in [-0.15, -0.1) is 11.3 Å². The van der Waals surface area contributed by atoms with E-state index in [0.29, 0.717) is 10.9 Å². The monoisotopic (exact) mass is 292 g/mol. The van der Waals surface area contributed by atoms with E-state index in [2.05, 4.69) is 9.88 Å². The lowest BCUT2D eigenvalue weighted by Crippen LogP contribution is -2.42. The Morgan fingerprint density at radius 2 is 2.53 bits per heavy atom. The number of hydrogen-bond donors (Lipinski definition) is 1. The van der Waals surface area contributed by atoms with Crippen molar-refractivity contribution in [3.8, 4) is 0 Å². The van der Waals surface area contributed by atoms with Crippen molar-refractivity contribution in [2.24, 2.45) is 0 Å². The molecule has 1 unspecified atom stereocenters. The third-order valence-corrected chi connectivity index (χ3v) is 4.81. The van der Waals surface area contributed by atoms with Gasteiger partial charge in [-0.1, -0.05) is 11.6 Å². The molecule has 2 rings (SSSR count). The summed E-state index contributed by atoms with van der Waals surface area (Å²) in [6.45, 7) is 1.62. The quantitative estimate of drug-likeness (QED) is 0.922. The van der Waals surface area contributed by atoms with Gasteiger partial charge in [0.1, 0.15) is 9.34 Å². The van der Waals surface area contributed by atoms with Gasteiger partial charge in [-0.25, -0.2) is 4.98 Å². The minimum absolute atomic E-state index is 0.105. The fraction of sp³-hybridized carbons (Fsp3) is 0.600. The van der Waals surface area contributed by atoms with Crippen LogP contribution in [0.3, 0.4) is 0 Å². The Kier molecular flexibility index (Phi) is 4.67. The summed E-state index contributed by atoms with van der Waals surface area (Å²) in [6.07, 6.45) is 1.85. The van der Waals surface area contributed by atoms with Gasteiger partial charge in [-0.05, 0) is 0 Å². The molecule has 0 spiro atoms. The van der Waals surface area contributed by atoms with E-state index >= 15 is 0 Å². The van der Waals surface area contributed by atoms with Gasteiger partial charge in [-0.3, -0.25) is 9.69 Å².